The van der Waals surface area contributed by atoms with Crippen molar-refractivity contribution in [1.82, 2.24) is 0 Å². The molecule has 2 aromatic carbocycles. The van der Waals surface area contributed by atoms with Crippen molar-refractivity contribution in [3.63, 3.8) is 0 Å². The summed E-state index contributed by atoms with van der Waals surface area (Å²) < 4.78 is 6.30. The van der Waals surface area contributed by atoms with E-state index in [-0.39, 0.29) is 41.5 Å². The molecule has 0 radical (unpaired) electrons. The molecule has 2 unspecified atom stereocenters. The number of carbonyl (C=O) groups is 1. The number of fused-ring (bicyclic) bond motifs is 5. The van der Waals surface area contributed by atoms with Crippen molar-refractivity contribution in [3.8, 4) is 0 Å². The summed E-state index contributed by atoms with van der Waals surface area (Å²) in [5.41, 5.74) is 7.20. The monoisotopic (exact) mass is 436 g/mol. The number of ether oxygens (including phenoxy) is 1. The summed E-state index contributed by atoms with van der Waals surface area (Å²) in [6.07, 6.45) is 2.05. The first-order valence-corrected chi connectivity index (χ1v) is 11.8. The Kier molecular flexibility index (Phi) is 5.02. The molecule has 0 amide bonds. The number of aliphatic hydroxyl groups excluding tert-OH is 1. The van der Waals surface area contributed by atoms with Crippen LogP contribution in [0.25, 0.3) is 5.57 Å². The first-order chi connectivity index (χ1) is 14.9. The number of aliphatic hydroxyl groups is 1. The largest absolute Gasteiger partial charge is 0.511 e. The molecule has 162 valence electrons. The highest BCUT2D eigenvalue weighted by atomic mass is 35.5. The number of halogens is 1. The van der Waals surface area contributed by atoms with Crippen LogP contribution in [0.5, 0.6) is 0 Å². The smallest absolute Gasteiger partial charge is 0.173 e. The molecular weight excluding hydrogens is 408 g/mol. The fourth-order valence-electron chi connectivity index (χ4n) is 6.32. The third-order valence-corrected chi connectivity index (χ3v) is 7.91. The van der Waals surface area contributed by atoms with Crippen LogP contribution in [0.3, 0.4) is 0 Å². The number of hydrogen-bond acceptors (Lipinski definition) is 3. The van der Waals surface area contributed by atoms with Gasteiger partial charge in [0, 0.05) is 10.9 Å². The Labute approximate surface area is 189 Å². The van der Waals surface area contributed by atoms with Gasteiger partial charge in [-0.05, 0) is 67.0 Å². The molecule has 1 N–H and O–H groups in total. The summed E-state index contributed by atoms with van der Waals surface area (Å²) in [5, 5.41) is 12.2. The molecule has 0 saturated carbocycles. The van der Waals surface area contributed by atoms with Gasteiger partial charge in [-0.25, -0.2) is 0 Å². The second kappa shape index (κ2) is 7.50. The minimum absolute atomic E-state index is 0.0533. The van der Waals surface area contributed by atoms with Crippen molar-refractivity contribution in [2.24, 2.45) is 11.8 Å². The number of hydrogen-bond donors (Lipinski definition) is 1. The predicted molar refractivity (Wildman–Crippen MR) is 124 cm³/mol. The van der Waals surface area contributed by atoms with Gasteiger partial charge in [-0.1, -0.05) is 55.3 Å². The molecule has 2 aromatic rings. The molecule has 2 aliphatic heterocycles. The van der Waals surface area contributed by atoms with Crippen LogP contribution in [0, 0.1) is 25.7 Å². The fraction of sp³-hybridized carbons (Fsp3) is 0.444. The van der Waals surface area contributed by atoms with Gasteiger partial charge in [-0.3, -0.25) is 4.79 Å². The van der Waals surface area contributed by atoms with Gasteiger partial charge in [0.2, 0.25) is 0 Å². The lowest BCUT2D eigenvalue weighted by Crippen LogP contribution is -2.33. The van der Waals surface area contributed by atoms with Crippen molar-refractivity contribution in [2.75, 3.05) is 0 Å². The predicted octanol–water partition coefficient (Wildman–Crippen LogP) is 6.12. The zero-order valence-electron chi connectivity index (χ0n) is 18.5. The van der Waals surface area contributed by atoms with E-state index < -0.39 is 0 Å². The minimum Gasteiger partial charge on any atom is -0.511 e. The van der Waals surface area contributed by atoms with E-state index in [9.17, 15) is 9.90 Å². The van der Waals surface area contributed by atoms with E-state index in [0.717, 1.165) is 52.1 Å². The van der Waals surface area contributed by atoms with Gasteiger partial charge in [0.05, 0.1) is 29.6 Å². The zero-order valence-corrected chi connectivity index (χ0v) is 19.3. The molecule has 0 aromatic heterocycles. The van der Waals surface area contributed by atoms with E-state index in [4.69, 9.17) is 16.3 Å². The maximum Gasteiger partial charge on any atom is 0.173 e. The molecule has 2 heterocycles. The van der Waals surface area contributed by atoms with Gasteiger partial charge in [0.1, 0.15) is 5.76 Å². The first kappa shape index (κ1) is 20.8. The van der Waals surface area contributed by atoms with E-state index in [1.54, 1.807) is 0 Å². The number of allylic oxidation sites excluding steroid dienone is 1. The number of carbonyl (C=O) groups excluding carboxylic acids is 1. The summed E-state index contributed by atoms with van der Waals surface area (Å²) >= 11 is 6.58. The Bertz CT molecular complexity index is 1070. The second-order valence-corrected chi connectivity index (χ2v) is 9.70. The Morgan fingerprint density at radius 2 is 1.77 bits per heavy atom. The molecular formula is C27H29ClO3. The topological polar surface area (TPSA) is 46.5 Å². The molecule has 5 atom stereocenters. The molecule has 31 heavy (non-hydrogen) atoms. The zero-order chi connectivity index (χ0) is 22.0. The van der Waals surface area contributed by atoms with Crippen molar-refractivity contribution < 1.29 is 14.6 Å². The lowest BCUT2D eigenvalue weighted by atomic mass is 9.71. The third kappa shape index (κ3) is 2.93. The minimum atomic E-state index is -0.283. The average Bonchev–Trinajstić information content (AvgIpc) is 3.39. The Morgan fingerprint density at radius 3 is 2.39 bits per heavy atom. The maximum atomic E-state index is 13.7. The van der Waals surface area contributed by atoms with Crippen molar-refractivity contribution in [3.05, 3.63) is 74.5 Å². The Hall–Kier alpha value is -2.10. The van der Waals surface area contributed by atoms with E-state index in [1.165, 1.54) is 5.56 Å². The summed E-state index contributed by atoms with van der Waals surface area (Å²) in [7, 11) is 0. The maximum absolute atomic E-state index is 13.7. The number of ketones is 1. The molecule has 2 saturated heterocycles. The lowest BCUT2D eigenvalue weighted by molar-refractivity contribution is -0.118. The van der Waals surface area contributed by atoms with Crippen LogP contribution >= 0.6 is 11.6 Å². The first-order valence-electron chi connectivity index (χ1n) is 11.4. The van der Waals surface area contributed by atoms with Gasteiger partial charge in [0.15, 0.2) is 5.78 Å². The normalized spacial score (nSPS) is 29.2. The fourth-order valence-corrected chi connectivity index (χ4v) is 6.69. The molecule has 1 aliphatic carbocycles. The molecule has 3 aliphatic rings. The van der Waals surface area contributed by atoms with Crippen LogP contribution in [-0.4, -0.2) is 23.1 Å². The van der Waals surface area contributed by atoms with E-state index in [2.05, 4.69) is 45.9 Å². The quantitative estimate of drug-likeness (QED) is 0.627. The van der Waals surface area contributed by atoms with Crippen molar-refractivity contribution in [1.29, 1.82) is 0 Å². The van der Waals surface area contributed by atoms with E-state index in [1.807, 2.05) is 12.1 Å². The number of Topliss-reactive ketones (excluding diaryl/α,β-unsaturated/α-hetero) is 1. The molecule has 2 fully saturated rings. The lowest BCUT2D eigenvalue weighted by Gasteiger charge is -2.29. The van der Waals surface area contributed by atoms with Crippen LogP contribution < -0.4 is 0 Å². The van der Waals surface area contributed by atoms with E-state index >= 15 is 0 Å². The SMILES string of the molecule is CCc1cc(C)cc(CC)c1C1=C(O)C2C3O[C@@H](C[C@H]3c3c(C)cccc3Cl)[C@@H]2C1=O. The number of rotatable bonds is 4. The number of benzene rings is 2. The highest BCUT2D eigenvalue weighted by molar-refractivity contribution is 6.31. The number of aryl methyl sites for hydroxylation is 4. The van der Waals surface area contributed by atoms with Crippen LogP contribution in [0.2, 0.25) is 5.02 Å². The van der Waals surface area contributed by atoms with Gasteiger partial charge in [0.25, 0.3) is 0 Å². The Balaban J connectivity index is 1.62. The summed E-state index contributed by atoms with van der Waals surface area (Å²) in [6, 6.07) is 10.2. The molecule has 5 rings (SSSR count). The van der Waals surface area contributed by atoms with Crippen LogP contribution in [0.1, 0.15) is 59.6 Å². The third-order valence-electron chi connectivity index (χ3n) is 7.58. The molecule has 3 nitrogen and oxygen atoms in total. The van der Waals surface area contributed by atoms with Gasteiger partial charge in [-0.2, -0.15) is 0 Å². The average molecular weight is 437 g/mol. The highest BCUT2D eigenvalue weighted by Crippen LogP contribution is 2.59. The molecule has 0 spiro atoms. The molecule has 4 heteroatoms. The summed E-state index contributed by atoms with van der Waals surface area (Å²) in [4.78, 5) is 13.7. The van der Waals surface area contributed by atoms with Gasteiger partial charge >= 0.3 is 0 Å². The highest BCUT2D eigenvalue weighted by Gasteiger charge is 2.63. The van der Waals surface area contributed by atoms with Crippen LogP contribution in [0.4, 0.5) is 0 Å². The standard InChI is InChI=1S/C27H29ClO3/c1-5-15-10-13(3)11-16(6-2)21(15)23-25(29)22-19-12-17(27(31-19)24(22)26(23)30)20-14(4)8-7-9-18(20)28/h7-11,17,19,22,24,27,30H,5-6,12H2,1-4H3/t17-,19-,22-,24?,27?/m0/s1. The van der Waals surface area contributed by atoms with Gasteiger partial charge < -0.3 is 9.84 Å². The van der Waals surface area contributed by atoms with Crippen LogP contribution in [-0.2, 0) is 22.4 Å². The second-order valence-electron chi connectivity index (χ2n) is 9.29. The molecule has 2 bridgehead atoms. The summed E-state index contributed by atoms with van der Waals surface area (Å²) in [5.74, 6) is -0.182. The van der Waals surface area contributed by atoms with Gasteiger partial charge in [-0.15, -0.1) is 0 Å². The van der Waals surface area contributed by atoms with Crippen LogP contribution in [0.15, 0.2) is 36.1 Å². The summed E-state index contributed by atoms with van der Waals surface area (Å²) in [6.45, 7) is 8.38. The Morgan fingerprint density at radius 1 is 1.10 bits per heavy atom. The van der Waals surface area contributed by atoms with Crippen molar-refractivity contribution >= 4 is 23.0 Å². The van der Waals surface area contributed by atoms with E-state index in [0.29, 0.717) is 5.57 Å². The van der Waals surface area contributed by atoms with Crippen molar-refractivity contribution in [2.45, 2.75) is 65.1 Å².